The Morgan fingerprint density at radius 3 is 2.15 bits per heavy atom. The average molecular weight is 394 g/mol. The number of hydrazine groups is 1. The molecule has 1 fully saturated rings. The van der Waals surface area contributed by atoms with Gasteiger partial charge in [0.05, 0.1) is 11.8 Å². The minimum Gasteiger partial charge on any atom is -0.351 e. The van der Waals surface area contributed by atoms with Crippen molar-refractivity contribution < 1.29 is 14.4 Å². The molecule has 1 aliphatic carbocycles. The fraction of sp³-hybridized carbons (Fsp3) is 0.550. The Bertz CT molecular complexity index is 689. The first-order chi connectivity index (χ1) is 12.6. The first-order valence-corrected chi connectivity index (χ1v) is 9.62. The van der Waals surface area contributed by atoms with Crippen LogP contribution in [0.3, 0.4) is 0 Å². The molecule has 1 aliphatic rings. The number of carbonyl (C=O) groups is 3. The Morgan fingerprint density at radius 1 is 1.00 bits per heavy atom. The first kappa shape index (κ1) is 21.2. The summed E-state index contributed by atoms with van der Waals surface area (Å²) in [5.74, 6) is -0.765. The standard InChI is InChI=1S/C20H28ClN3O3/c1-19(2,3)22-17(26)13-20(10-4-5-11-20)18(27)24-23-16(25)12-14-6-8-15(21)9-7-14/h6-9H,4-5,10-13H2,1-3H3,(H,22,26)(H,23,25)(H,24,27). The van der Waals surface area contributed by atoms with Crippen LogP contribution < -0.4 is 16.2 Å². The van der Waals surface area contributed by atoms with Crippen LogP contribution in [0.5, 0.6) is 0 Å². The lowest BCUT2D eigenvalue weighted by atomic mass is 9.81. The van der Waals surface area contributed by atoms with Crippen LogP contribution in [0.15, 0.2) is 24.3 Å². The number of hydrogen-bond donors (Lipinski definition) is 3. The molecule has 0 unspecified atom stereocenters. The normalized spacial score (nSPS) is 15.9. The zero-order chi connectivity index (χ0) is 20.1. The van der Waals surface area contributed by atoms with Crippen molar-refractivity contribution in [3.8, 4) is 0 Å². The lowest BCUT2D eigenvalue weighted by molar-refractivity contribution is -0.139. The molecule has 148 valence electrons. The summed E-state index contributed by atoms with van der Waals surface area (Å²) in [6.07, 6.45) is 3.34. The molecule has 3 amide bonds. The third-order valence-corrected chi connectivity index (χ3v) is 4.90. The minimum absolute atomic E-state index is 0.128. The lowest BCUT2D eigenvalue weighted by Gasteiger charge is -2.29. The Balaban J connectivity index is 1.91. The van der Waals surface area contributed by atoms with E-state index in [4.69, 9.17) is 11.6 Å². The van der Waals surface area contributed by atoms with Crippen LogP contribution in [0.4, 0.5) is 0 Å². The van der Waals surface area contributed by atoms with Crippen molar-refractivity contribution in [3.63, 3.8) is 0 Å². The van der Waals surface area contributed by atoms with Gasteiger partial charge < -0.3 is 5.32 Å². The van der Waals surface area contributed by atoms with Gasteiger partial charge in [-0.1, -0.05) is 36.6 Å². The molecule has 0 saturated heterocycles. The van der Waals surface area contributed by atoms with E-state index in [9.17, 15) is 14.4 Å². The number of rotatable bonds is 5. The van der Waals surface area contributed by atoms with Gasteiger partial charge in [0.25, 0.3) is 0 Å². The van der Waals surface area contributed by atoms with Crippen molar-refractivity contribution in [2.24, 2.45) is 5.41 Å². The van der Waals surface area contributed by atoms with Gasteiger partial charge in [0.15, 0.2) is 0 Å². The molecule has 1 saturated carbocycles. The molecular formula is C20H28ClN3O3. The van der Waals surface area contributed by atoms with Crippen LogP contribution in [0.1, 0.15) is 58.4 Å². The highest BCUT2D eigenvalue weighted by Crippen LogP contribution is 2.41. The number of hydrogen-bond acceptors (Lipinski definition) is 3. The van der Waals surface area contributed by atoms with Crippen LogP contribution in [-0.2, 0) is 20.8 Å². The van der Waals surface area contributed by atoms with Gasteiger partial charge in [0.2, 0.25) is 17.7 Å². The van der Waals surface area contributed by atoms with Gasteiger partial charge in [0, 0.05) is 17.0 Å². The Hall–Kier alpha value is -2.08. The quantitative estimate of drug-likeness (QED) is 0.672. The maximum atomic E-state index is 12.7. The molecule has 7 heteroatoms. The maximum absolute atomic E-state index is 12.7. The van der Waals surface area contributed by atoms with E-state index >= 15 is 0 Å². The van der Waals surface area contributed by atoms with E-state index in [1.165, 1.54) is 0 Å². The summed E-state index contributed by atoms with van der Waals surface area (Å²) >= 11 is 5.83. The van der Waals surface area contributed by atoms with E-state index in [-0.39, 0.29) is 36.1 Å². The van der Waals surface area contributed by atoms with Crippen LogP contribution in [0.25, 0.3) is 0 Å². The summed E-state index contributed by atoms with van der Waals surface area (Å²) in [5, 5.41) is 3.51. The largest absolute Gasteiger partial charge is 0.351 e. The van der Waals surface area contributed by atoms with Gasteiger partial charge in [-0.15, -0.1) is 0 Å². The summed E-state index contributed by atoms with van der Waals surface area (Å²) in [6, 6.07) is 6.95. The molecule has 2 rings (SSSR count). The van der Waals surface area contributed by atoms with Crippen molar-refractivity contribution in [3.05, 3.63) is 34.9 Å². The van der Waals surface area contributed by atoms with Crippen LogP contribution in [0.2, 0.25) is 5.02 Å². The SMILES string of the molecule is CC(C)(C)NC(=O)CC1(C(=O)NNC(=O)Cc2ccc(Cl)cc2)CCCC1. The topological polar surface area (TPSA) is 87.3 Å². The first-order valence-electron chi connectivity index (χ1n) is 9.24. The second-order valence-corrected chi connectivity index (χ2v) is 8.70. The van der Waals surface area contributed by atoms with Crippen LogP contribution in [-0.4, -0.2) is 23.3 Å². The van der Waals surface area contributed by atoms with Crippen molar-refractivity contribution >= 4 is 29.3 Å². The van der Waals surface area contributed by atoms with Gasteiger partial charge in [0.1, 0.15) is 0 Å². The predicted octanol–water partition coefficient (Wildman–Crippen LogP) is 2.90. The summed E-state index contributed by atoms with van der Waals surface area (Å²) < 4.78 is 0. The van der Waals surface area contributed by atoms with Crippen molar-refractivity contribution in [1.29, 1.82) is 0 Å². The van der Waals surface area contributed by atoms with Crippen molar-refractivity contribution in [1.82, 2.24) is 16.2 Å². The van der Waals surface area contributed by atoms with Gasteiger partial charge in [-0.3, -0.25) is 25.2 Å². The molecule has 27 heavy (non-hydrogen) atoms. The number of halogens is 1. The lowest BCUT2D eigenvalue weighted by Crippen LogP contribution is -2.51. The number of amides is 3. The number of carbonyl (C=O) groups excluding carboxylic acids is 3. The van der Waals surface area contributed by atoms with Gasteiger partial charge in [-0.2, -0.15) is 0 Å². The van der Waals surface area contributed by atoms with E-state index in [2.05, 4.69) is 16.2 Å². The van der Waals surface area contributed by atoms with Crippen molar-refractivity contribution in [2.75, 3.05) is 0 Å². The van der Waals surface area contributed by atoms with Gasteiger partial charge in [-0.05, 0) is 51.3 Å². The summed E-state index contributed by atoms with van der Waals surface area (Å²) in [5.41, 5.74) is 4.68. The second-order valence-electron chi connectivity index (χ2n) is 8.27. The smallest absolute Gasteiger partial charge is 0.245 e. The van der Waals surface area contributed by atoms with E-state index in [1.54, 1.807) is 24.3 Å². The molecule has 0 aliphatic heterocycles. The Labute approximate surface area is 165 Å². The predicted molar refractivity (Wildman–Crippen MR) is 105 cm³/mol. The molecule has 0 spiro atoms. The highest BCUT2D eigenvalue weighted by Gasteiger charge is 2.43. The summed E-state index contributed by atoms with van der Waals surface area (Å²) in [6.45, 7) is 5.72. The zero-order valence-corrected chi connectivity index (χ0v) is 16.9. The van der Waals surface area contributed by atoms with Crippen molar-refractivity contribution in [2.45, 2.75) is 64.8 Å². The molecule has 0 radical (unpaired) electrons. The molecule has 6 nitrogen and oxygen atoms in total. The van der Waals surface area contributed by atoms with Crippen LogP contribution in [0, 0.1) is 5.41 Å². The molecule has 3 N–H and O–H groups in total. The molecule has 0 bridgehead atoms. The van der Waals surface area contributed by atoms with Crippen LogP contribution >= 0.6 is 11.6 Å². The second kappa shape index (κ2) is 8.74. The van der Waals surface area contributed by atoms with Gasteiger partial charge in [-0.25, -0.2) is 0 Å². The molecule has 0 heterocycles. The number of nitrogens with one attached hydrogen (secondary N) is 3. The average Bonchev–Trinajstić information content (AvgIpc) is 3.02. The molecule has 1 aromatic carbocycles. The van der Waals surface area contributed by atoms with Gasteiger partial charge >= 0.3 is 0 Å². The van der Waals surface area contributed by atoms with E-state index in [1.807, 2.05) is 20.8 Å². The fourth-order valence-corrected chi connectivity index (χ4v) is 3.52. The summed E-state index contributed by atoms with van der Waals surface area (Å²) in [7, 11) is 0. The monoisotopic (exact) mass is 393 g/mol. The molecular weight excluding hydrogens is 366 g/mol. The zero-order valence-electron chi connectivity index (χ0n) is 16.2. The highest BCUT2D eigenvalue weighted by atomic mass is 35.5. The molecule has 0 atom stereocenters. The maximum Gasteiger partial charge on any atom is 0.245 e. The molecule has 1 aromatic rings. The summed E-state index contributed by atoms with van der Waals surface area (Å²) in [4.78, 5) is 37.2. The minimum atomic E-state index is -0.761. The van der Waals surface area contributed by atoms with E-state index in [0.29, 0.717) is 17.9 Å². The highest BCUT2D eigenvalue weighted by molar-refractivity contribution is 6.30. The third-order valence-electron chi connectivity index (χ3n) is 4.65. The fourth-order valence-electron chi connectivity index (χ4n) is 3.40. The Morgan fingerprint density at radius 2 is 1.59 bits per heavy atom. The molecule has 0 aromatic heterocycles. The van der Waals surface area contributed by atoms with E-state index in [0.717, 1.165) is 18.4 Å². The number of benzene rings is 1. The van der Waals surface area contributed by atoms with E-state index < -0.39 is 5.41 Å². The third kappa shape index (κ3) is 6.54. The Kier molecular flexibility index (Phi) is 6.87.